The first kappa shape index (κ1) is 15.1. The van der Waals surface area contributed by atoms with E-state index in [2.05, 4.69) is 12.5 Å². The van der Waals surface area contributed by atoms with Crippen molar-refractivity contribution < 1.29 is 9.30 Å². The van der Waals surface area contributed by atoms with E-state index in [0.29, 0.717) is 5.88 Å². The molecule has 0 fully saturated rings. The molecule has 0 aliphatic carbocycles. The highest BCUT2D eigenvalue weighted by Gasteiger charge is 2.13. The SMILES string of the molecule is COc1ccc(C(C)(C)N)cn1.[B][P+](C)=O. The summed E-state index contributed by atoms with van der Waals surface area (Å²) >= 11 is 0. The molecule has 0 aromatic carbocycles. The number of aromatic nitrogens is 1. The van der Waals surface area contributed by atoms with Crippen molar-refractivity contribution in [1.29, 1.82) is 0 Å². The van der Waals surface area contributed by atoms with Crippen LogP contribution >= 0.6 is 7.68 Å². The molecule has 1 rings (SSSR count). The van der Waals surface area contributed by atoms with Crippen LogP contribution < -0.4 is 10.5 Å². The van der Waals surface area contributed by atoms with Gasteiger partial charge in [0, 0.05) is 17.8 Å². The molecular weight excluding hydrogens is 222 g/mol. The van der Waals surface area contributed by atoms with Gasteiger partial charge in [-0.1, -0.05) is 6.07 Å². The van der Waals surface area contributed by atoms with Crippen LogP contribution in [0.2, 0.25) is 0 Å². The van der Waals surface area contributed by atoms with E-state index >= 15 is 0 Å². The number of nitrogens with zero attached hydrogens (tertiary/aromatic N) is 1. The minimum Gasteiger partial charge on any atom is -0.481 e. The summed E-state index contributed by atoms with van der Waals surface area (Å²) in [5.41, 5.74) is 6.54. The molecule has 6 heteroatoms. The number of rotatable bonds is 2. The summed E-state index contributed by atoms with van der Waals surface area (Å²) in [6.07, 6.45) is 1.73. The van der Waals surface area contributed by atoms with Crippen molar-refractivity contribution in [1.82, 2.24) is 4.98 Å². The van der Waals surface area contributed by atoms with Gasteiger partial charge in [-0.3, -0.25) is 0 Å². The Balaban J connectivity index is 0.000000487. The molecule has 4 nitrogen and oxygen atoms in total. The molecule has 86 valence electrons. The van der Waals surface area contributed by atoms with E-state index < -0.39 is 7.68 Å². The van der Waals surface area contributed by atoms with Crippen LogP contribution in [-0.2, 0) is 10.1 Å². The second kappa shape index (κ2) is 6.61. The summed E-state index contributed by atoms with van der Waals surface area (Å²) in [5, 5.41) is 0. The Hall–Kier alpha value is -0.925. The zero-order chi connectivity index (χ0) is 12.8. The summed E-state index contributed by atoms with van der Waals surface area (Å²) in [6, 6.07) is 3.73. The minimum absolute atomic E-state index is 0.334. The van der Waals surface area contributed by atoms with Gasteiger partial charge in [-0.15, -0.1) is 4.57 Å². The molecular formula is C10H17BN2O2P+. The van der Waals surface area contributed by atoms with Crippen LogP contribution in [0.4, 0.5) is 0 Å². The van der Waals surface area contributed by atoms with Gasteiger partial charge < -0.3 is 10.5 Å². The van der Waals surface area contributed by atoms with Crippen LogP contribution in [-0.4, -0.2) is 26.3 Å². The Labute approximate surface area is 98.7 Å². The van der Waals surface area contributed by atoms with Crippen LogP contribution in [0.25, 0.3) is 0 Å². The predicted molar refractivity (Wildman–Crippen MR) is 67.3 cm³/mol. The molecule has 0 saturated carbocycles. The van der Waals surface area contributed by atoms with Crippen LogP contribution in [0.5, 0.6) is 5.88 Å². The van der Waals surface area contributed by atoms with Gasteiger partial charge >= 0.3 is 7.57 Å². The highest BCUT2D eigenvalue weighted by atomic mass is 31.1. The zero-order valence-corrected chi connectivity index (χ0v) is 11.0. The average Bonchev–Trinajstić information content (AvgIpc) is 2.16. The Morgan fingerprint density at radius 3 is 2.25 bits per heavy atom. The van der Waals surface area contributed by atoms with E-state index in [9.17, 15) is 4.57 Å². The van der Waals surface area contributed by atoms with Crippen LogP contribution in [0.15, 0.2) is 18.3 Å². The largest absolute Gasteiger partial charge is 0.502 e. The molecule has 2 radical (unpaired) electrons. The summed E-state index contributed by atoms with van der Waals surface area (Å²) in [6.45, 7) is 5.34. The van der Waals surface area contributed by atoms with Crippen molar-refractivity contribution >= 4 is 15.2 Å². The standard InChI is InChI=1S/C9H14N2O.CH3BOP/c1-9(2,10)7-4-5-8(12-3)11-6-7;1-4(2)3/h4-6H,10H2,1-3H3;1H3/q;+1. The van der Waals surface area contributed by atoms with E-state index in [1.807, 2.05) is 26.0 Å². The summed E-state index contributed by atoms with van der Waals surface area (Å²) in [5.74, 6) is 0.614. The highest BCUT2D eigenvalue weighted by Crippen LogP contribution is 2.17. The van der Waals surface area contributed by atoms with Gasteiger partial charge in [0.1, 0.15) is 6.66 Å². The van der Waals surface area contributed by atoms with Gasteiger partial charge in [0.25, 0.3) is 7.68 Å². The number of nitrogens with two attached hydrogens (primary N) is 1. The normalized spacial score (nSPS) is 11.2. The smallest absolute Gasteiger partial charge is 0.481 e. The lowest BCUT2D eigenvalue weighted by atomic mass is 9.98. The van der Waals surface area contributed by atoms with Crippen molar-refractivity contribution in [2.75, 3.05) is 13.8 Å². The molecule has 1 aromatic heterocycles. The summed E-state index contributed by atoms with van der Waals surface area (Å²) < 4.78 is 14.3. The van der Waals surface area contributed by atoms with E-state index in [-0.39, 0.29) is 5.54 Å². The molecule has 2 N–H and O–H groups in total. The monoisotopic (exact) mass is 239 g/mol. The topological polar surface area (TPSA) is 65.2 Å². The van der Waals surface area contributed by atoms with Crippen molar-refractivity contribution in [2.24, 2.45) is 5.73 Å². The van der Waals surface area contributed by atoms with Crippen molar-refractivity contribution in [2.45, 2.75) is 19.4 Å². The van der Waals surface area contributed by atoms with Crippen molar-refractivity contribution in [3.63, 3.8) is 0 Å². The Kier molecular flexibility index (Phi) is 6.23. The number of hydrogen-bond acceptors (Lipinski definition) is 4. The van der Waals surface area contributed by atoms with Gasteiger partial charge in [0.15, 0.2) is 0 Å². The van der Waals surface area contributed by atoms with Crippen LogP contribution in [0.1, 0.15) is 19.4 Å². The quantitative estimate of drug-likeness (QED) is 0.631. The van der Waals surface area contributed by atoms with Gasteiger partial charge in [-0.2, -0.15) is 0 Å². The third-order valence-electron chi connectivity index (χ3n) is 1.69. The fraction of sp³-hybridized carbons (Fsp3) is 0.500. The predicted octanol–water partition coefficient (Wildman–Crippen LogP) is 1.81. The molecule has 1 heterocycles. The molecule has 0 amide bonds. The third kappa shape index (κ3) is 6.54. The maximum atomic E-state index is 9.37. The molecule has 0 bridgehead atoms. The molecule has 0 saturated heterocycles. The summed E-state index contributed by atoms with van der Waals surface area (Å²) in [4.78, 5) is 4.06. The van der Waals surface area contributed by atoms with E-state index in [1.165, 1.54) is 6.66 Å². The fourth-order valence-electron chi connectivity index (χ4n) is 0.882. The zero-order valence-electron chi connectivity index (χ0n) is 10.1. The van der Waals surface area contributed by atoms with Crippen molar-refractivity contribution in [3.05, 3.63) is 23.9 Å². The van der Waals surface area contributed by atoms with E-state index in [0.717, 1.165) is 5.56 Å². The molecule has 0 aliphatic heterocycles. The second-order valence-corrected chi connectivity index (χ2v) is 4.95. The fourth-order valence-corrected chi connectivity index (χ4v) is 0.882. The average molecular weight is 239 g/mol. The van der Waals surface area contributed by atoms with E-state index in [1.54, 1.807) is 13.3 Å². The highest BCUT2D eigenvalue weighted by molar-refractivity contribution is 7.71. The Morgan fingerprint density at radius 2 is 2.00 bits per heavy atom. The van der Waals surface area contributed by atoms with Crippen LogP contribution in [0.3, 0.4) is 0 Å². The van der Waals surface area contributed by atoms with Gasteiger partial charge in [0.2, 0.25) is 5.88 Å². The van der Waals surface area contributed by atoms with Gasteiger partial charge in [-0.05, 0) is 19.4 Å². The lowest BCUT2D eigenvalue weighted by Gasteiger charge is -2.18. The second-order valence-electron chi connectivity index (χ2n) is 3.86. The minimum atomic E-state index is -1.37. The summed E-state index contributed by atoms with van der Waals surface area (Å²) in [7, 11) is 4.84. The molecule has 0 aliphatic rings. The lowest BCUT2D eigenvalue weighted by Crippen LogP contribution is -2.28. The molecule has 1 atom stereocenters. The van der Waals surface area contributed by atoms with Gasteiger partial charge in [0.05, 0.1) is 7.11 Å². The number of methoxy groups -OCH3 is 1. The Morgan fingerprint density at radius 1 is 1.50 bits per heavy atom. The first-order valence-corrected chi connectivity index (χ1v) is 6.50. The number of hydrogen-bond donors (Lipinski definition) is 1. The Bertz CT molecular complexity index is 332. The molecule has 16 heavy (non-hydrogen) atoms. The van der Waals surface area contributed by atoms with Gasteiger partial charge in [-0.25, -0.2) is 4.98 Å². The lowest BCUT2D eigenvalue weighted by molar-refractivity contribution is 0.396. The number of ether oxygens (including phenoxy) is 1. The van der Waals surface area contributed by atoms with Crippen molar-refractivity contribution in [3.8, 4) is 5.88 Å². The van der Waals surface area contributed by atoms with Crippen LogP contribution in [0, 0.1) is 0 Å². The maximum absolute atomic E-state index is 9.37. The first-order valence-electron chi connectivity index (χ1n) is 4.72. The molecule has 1 aromatic rings. The van der Waals surface area contributed by atoms with E-state index in [4.69, 9.17) is 10.5 Å². The first-order chi connectivity index (χ1) is 7.27. The molecule has 1 unspecified atom stereocenters. The maximum Gasteiger partial charge on any atom is 0.502 e. The molecule has 0 spiro atoms. The third-order valence-corrected chi connectivity index (χ3v) is 1.69. The number of pyridine rings is 1.